The van der Waals surface area contributed by atoms with Crippen molar-refractivity contribution >= 4 is 39.5 Å². The third kappa shape index (κ3) is 78.7. The summed E-state index contributed by atoms with van der Waals surface area (Å²) in [6.45, 7) is 9.73. The minimum Gasteiger partial charge on any atom is -0.462 e. The molecule has 0 aliphatic carbocycles. The van der Waals surface area contributed by atoms with E-state index in [0.29, 0.717) is 25.7 Å². The van der Waals surface area contributed by atoms with Gasteiger partial charge in [-0.05, 0) is 37.5 Å². The quantitative estimate of drug-likeness (QED) is 0.0222. The Bertz CT molecular complexity index is 2030. The van der Waals surface area contributed by atoms with E-state index in [1.54, 1.807) is 0 Å². The standard InChI is InChI=1S/C87H170O17P2/c1-7-10-12-14-16-18-20-22-23-24-25-26-27-28-33-36-40-47-53-59-65-71-86(91)103-82(75-98-85(90)70-64-58-52-46-39-35-32-30-29-31-34-37-43-49-55-61-67-79(4)5)77-101-105(93,94)99-73-81(88)74-100-106(95,96)102-78-83(76-97-84(89)69-63-57-51-45-38-21-19-17-15-13-11-8-2)104-87(92)72-66-60-54-48-42-41-44-50-56-62-68-80(6)9-3/h79-83,88H,7-78H2,1-6H3,(H,93,94)(H,95,96)/t80?,81-,82-,83-/m1/s1. The molecule has 6 atom stereocenters. The molecule has 0 rings (SSSR count). The molecule has 630 valence electrons. The van der Waals surface area contributed by atoms with Crippen molar-refractivity contribution < 1.29 is 80.2 Å². The molecule has 106 heavy (non-hydrogen) atoms. The molecule has 19 heteroatoms. The van der Waals surface area contributed by atoms with E-state index in [4.69, 9.17) is 37.0 Å². The van der Waals surface area contributed by atoms with Crippen molar-refractivity contribution in [1.82, 2.24) is 0 Å². The highest BCUT2D eigenvalue weighted by Gasteiger charge is 2.30. The van der Waals surface area contributed by atoms with E-state index in [1.165, 1.54) is 283 Å². The van der Waals surface area contributed by atoms with E-state index in [2.05, 4.69) is 41.5 Å². The Hall–Kier alpha value is -1.94. The zero-order valence-corrected chi connectivity index (χ0v) is 71.5. The molecule has 0 fully saturated rings. The highest BCUT2D eigenvalue weighted by Crippen LogP contribution is 2.45. The van der Waals surface area contributed by atoms with Crippen molar-refractivity contribution in [3.05, 3.63) is 0 Å². The van der Waals surface area contributed by atoms with Gasteiger partial charge < -0.3 is 33.8 Å². The van der Waals surface area contributed by atoms with E-state index in [-0.39, 0.29) is 25.7 Å². The van der Waals surface area contributed by atoms with E-state index in [0.717, 1.165) is 102 Å². The highest BCUT2D eigenvalue weighted by molar-refractivity contribution is 7.47. The second-order valence-corrected chi connectivity index (χ2v) is 34.9. The first-order valence-electron chi connectivity index (χ1n) is 45.0. The Labute approximate surface area is 651 Å². The van der Waals surface area contributed by atoms with Crippen LogP contribution >= 0.6 is 15.6 Å². The van der Waals surface area contributed by atoms with Gasteiger partial charge in [0.2, 0.25) is 0 Å². The SMILES string of the molecule is CCCCCCCCCCCCCCCCCCCCCCCC(=O)O[C@H](COC(=O)CCCCCCCCCCCCCCCCCCC(C)C)COP(=O)(O)OC[C@@H](O)COP(=O)(O)OC[C@@H](COC(=O)CCCCCCCCCCCCCC)OC(=O)CCCCCCCCCCCCC(C)CC. The summed E-state index contributed by atoms with van der Waals surface area (Å²) in [7, 11) is -9.93. The second kappa shape index (κ2) is 78.3. The Morgan fingerprint density at radius 2 is 0.481 bits per heavy atom. The number of phosphoric acid groups is 2. The molecular weight excluding hydrogens is 1380 g/mol. The predicted molar refractivity (Wildman–Crippen MR) is 437 cm³/mol. The maximum absolute atomic E-state index is 13.2. The average molecular weight is 1550 g/mol. The number of aliphatic hydroxyl groups is 1. The van der Waals surface area contributed by atoms with Gasteiger partial charge in [-0.3, -0.25) is 37.3 Å². The molecule has 3 N–H and O–H groups in total. The topological polar surface area (TPSA) is 237 Å². The number of phosphoric ester groups is 2. The van der Waals surface area contributed by atoms with E-state index in [1.807, 2.05) is 0 Å². The average Bonchev–Trinajstić information content (AvgIpc) is 0.902. The number of ether oxygens (including phenoxy) is 4. The van der Waals surface area contributed by atoms with Crippen molar-refractivity contribution in [3.8, 4) is 0 Å². The normalized spacial score (nSPS) is 14.1. The fourth-order valence-electron chi connectivity index (χ4n) is 13.6. The number of hydrogen-bond donors (Lipinski definition) is 3. The third-order valence-electron chi connectivity index (χ3n) is 20.8. The molecule has 0 spiro atoms. The lowest BCUT2D eigenvalue weighted by Gasteiger charge is -2.21. The van der Waals surface area contributed by atoms with Gasteiger partial charge in [0, 0.05) is 25.7 Å². The maximum Gasteiger partial charge on any atom is 0.472 e. The van der Waals surface area contributed by atoms with Gasteiger partial charge in [-0.25, -0.2) is 9.13 Å². The molecule has 0 heterocycles. The summed E-state index contributed by atoms with van der Waals surface area (Å²) in [5.41, 5.74) is 0. The van der Waals surface area contributed by atoms with Gasteiger partial charge >= 0.3 is 39.5 Å². The van der Waals surface area contributed by atoms with Crippen LogP contribution in [0, 0.1) is 11.8 Å². The summed E-state index contributed by atoms with van der Waals surface area (Å²) in [5, 5.41) is 10.7. The number of rotatable bonds is 86. The molecule has 0 aromatic rings. The van der Waals surface area contributed by atoms with E-state index < -0.39 is 97.5 Å². The fraction of sp³-hybridized carbons (Fsp3) is 0.954. The monoisotopic (exact) mass is 1550 g/mol. The lowest BCUT2D eigenvalue weighted by molar-refractivity contribution is -0.161. The molecule has 0 bridgehead atoms. The van der Waals surface area contributed by atoms with Crippen LogP contribution in [-0.4, -0.2) is 96.7 Å². The zero-order valence-electron chi connectivity index (χ0n) is 69.7. The van der Waals surface area contributed by atoms with Crippen LogP contribution in [0.5, 0.6) is 0 Å². The van der Waals surface area contributed by atoms with Crippen molar-refractivity contribution in [2.24, 2.45) is 11.8 Å². The number of unbranched alkanes of at least 4 members (excludes halogenated alkanes) is 55. The van der Waals surface area contributed by atoms with E-state index in [9.17, 15) is 43.2 Å². The van der Waals surface area contributed by atoms with Crippen molar-refractivity contribution in [2.45, 2.75) is 484 Å². The smallest absolute Gasteiger partial charge is 0.462 e. The van der Waals surface area contributed by atoms with Crippen LogP contribution in [0.1, 0.15) is 465 Å². The van der Waals surface area contributed by atoms with Crippen LogP contribution < -0.4 is 0 Å². The van der Waals surface area contributed by atoms with Gasteiger partial charge in [-0.2, -0.15) is 0 Å². The van der Waals surface area contributed by atoms with Crippen LogP contribution in [-0.2, 0) is 65.4 Å². The first-order valence-corrected chi connectivity index (χ1v) is 48.0. The van der Waals surface area contributed by atoms with E-state index >= 15 is 0 Å². The molecule has 0 aliphatic rings. The molecule has 3 unspecified atom stereocenters. The van der Waals surface area contributed by atoms with Gasteiger partial charge in [-0.15, -0.1) is 0 Å². The van der Waals surface area contributed by atoms with Crippen LogP contribution in [0.3, 0.4) is 0 Å². The summed E-state index contributed by atoms with van der Waals surface area (Å²) in [4.78, 5) is 73.3. The van der Waals surface area contributed by atoms with Crippen LogP contribution in [0.15, 0.2) is 0 Å². The zero-order chi connectivity index (χ0) is 77.8. The molecule has 0 saturated carbocycles. The molecule has 0 aromatic heterocycles. The van der Waals surface area contributed by atoms with Crippen LogP contribution in [0.4, 0.5) is 0 Å². The largest absolute Gasteiger partial charge is 0.472 e. The minimum absolute atomic E-state index is 0.107. The van der Waals surface area contributed by atoms with Crippen molar-refractivity contribution in [1.29, 1.82) is 0 Å². The summed E-state index contributed by atoms with van der Waals surface area (Å²) in [6, 6.07) is 0. The van der Waals surface area contributed by atoms with Gasteiger partial charge in [0.15, 0.2) is 12.2 Å². The Morgan fingerprint density at radius 3 is 0.717 bits per heavy atom. The van der Waals surface area contributed by atoms with Crippen LogP contribution in [0.2, 0.25) is 0 Å². The molecule has 0 saturated heterocycles. The van der Waals surface area contributed by atoms with Crippen LogP contribution in [0.25, 0.3) is 0 Å². The summed E-state index contributed by atoms with van der Waals surface area (Å²) >= 11 is 0. The maximum atomic E-state index is 13.2. The Morgan fingerprint density at radius 1 is 0.274 bits per heavy atom. The highest BCUT2D eigenvalue weighted by atomic mass is 31.2. The molecule has 0 aromatic carbocycles. The lowest BCUT2D eigenvalue weighted by atomic mass is 9.99. The van der Waals surface area contributed by atoms with Gasteiger partial charge in [0.05, 0.1) is 26.4 Å². The minimum atomic E-state index is -4.97. The number of carbonyl (C=O) groups excluding carboxylic acids is 4. The predicted octanol–water partition coefficient (Wildman–Crippen LogP) is 26.6. The molecule has 0 aliphatic heterocycles. The Kier molecular flexibility index (Phi) is 76.9. The number of esters is 4. The summed E-state index contributed by atoms with van der Waals surface area (Å²) in [6.07, 6.45) is 70.7. The fourth-order valence-corrected chi connectivity index (χ4v) is 15.1. The number of carbonyl (C=O) groups is 4. The van der Waals surface area contributed by atoms with Crippen molar-refractivity contribution in [3.63, 3.8) is 0 Å². The summed E-state index contributed by atoms with van der Waals surface area (Å²) in [5.74, 6) is -0.485. The molecule has 0 radical (unpaired) electrons. The molecular formula is C87H170O17P2. The molecule has 17 nitrogen and oxygen atoms in total. The lowest BCUT2D eigenvalue weighted by Crippen LogP contribution is -2.30. The summed E-state index contributed by atoms with van der Waals surface area (Å²) < 4.78 is 68.9. The second-order valence-electron chi connectivity index (χ2n) is 32.0. The van der Waals surface area contributed by atoms with Gasteiger partial charge in [-0.1, -0.05) is 414 Å². The first-order chi connectivity index (χ1) is 51.4. The Balaban J connectivity index is 5.24. The molecule has 0 amide bonds. The van der Waals surface area contributed by atoms with Gasteiger partial charge in [0.25, 0.3) is 0 Å². The number of hydrogen-bond acceptors (Lipinski definition) is 15. The first kappa shape index (κ1) is 104. The third-order valence-corrected chi connectivity index (χ3v) is 22.7. The van der Waals surface area contributed by atoms with Crippen molar-refractivity contribution in [2.75, 3.05) is 39.6 Å². The van der Waals surface area contributed by atoms with Gasteiger partial charge in [0.1, 0.15) is 19.3 Å². The number of aliphatic hydroxyl groups excluding tert-OH is 1.